The Hall–Kier alpha value is -0.450. The smallest absolute Gasteiger partial charge is 0.262 e. The molecule has 0 amide bonds. The average molecular weight is 297 g/mol. The Balaban J connectivity index is 2.76. The molecule has 6 heteroatoms. The monoisotopic (exact) mass is 296 g/mol. The van der Waals surface area contributed by atoms with Gasteiger partial charge in [0, 0.05) is 16.7 Å². The van der Waals surface area contributed by atoms with Crippen LogP contribution in [0.15, 0.2) is 23.1 Å². The van der Waals surface area contributed by atoms with Gasteiger partial charge in [-0.2, -0.15) is 0 Å². The number of ether oxygens (including phenoxy) is 1. The van der Waals surface area contributed by atoms with Crippen molar-refractivity contribution < 1.29 is 13.2 Å². The summed E-state index contributed by atoms with van der Waals surface area (Å²) in [4.78, 5) is -0.1000. The Labute approximate surface area is 111 Å². The fourth-order valence-corrected chi connectivity index (χ4v) is 2.70. The highest BCUT2D eigenvalue weighted by Crippen LogP contribution is 2.28. The highest BCUT2D eigenvalue weighted by molar-refractivity contribution is 8.13. The molecule has 1 aromatic rings. The number of halogens is 2. The molecule has 0 N–H and O–H groups in total. The minimum absolute atomic E-state index is 0.0713. The molecule has 1 rings (SSSR count). The highest BCUT2D eigenvalue weighted by Gasteiger charge is 2.15. The van der Waals surface area contributed by atoms with Gasteiger partial charge in [-0.1, -0.05) is 25.4 Å². The van der Waals surface area contributed by atoms with Crippen LogP contribution in [0.2, 0.25) is 5.02 Å². The maximum atomic E-state index is 11.1. The zero-order valence-electron chi connectivity index (χ0n) is 9.61. The van der Waals surface area contributed by atoms with Gasteiger partial charge in [0.2, 0.25) is 0 Å². The minimum atomic E-state index is -3.80. The molecule has 0 heterocycles. The normalized spacial score (nSPS) is 11.8. The molecular formula is C11H14Cl2O3S. The molecule has 0 saturated heterocycles. The van der Waals surface area contributed by atoms with Gasteiger partial charge in [-0.3, -0.25) is 0 Å². The average Bonchev–Trinajstić information content (AvgIpc) is 2.14. The molecule has 0 spiro atoms. The lowest BCUT2D eigenvalue weighted by molar-refractivity contribution is 0.289. The summed E-state index contributed by atoms with van der Waals surface area (Å²) in [6, 6.07) is 4.34. The molecule has 0 atom stereocenters. The molecule has 0 aliphatic rings. The predicted octanol–water partition coefficient (Wildman–Crippen LogP) is 3.69. The minimum Gasteiger partial charge on any atom is -0.494 e. The van der Waals surface area contributed by atoms with Gasteiger partial charge < -0.3 is 4.74 Å². The van der Waals surface area contributed by atoms with Crippen molar-refractivity contribution in [2.75, 3.05) is 6.61 Å². The van der Waals surface area contributed by atoms with E-state index in [1.54, 1.807) is 6.07 Å². The van der Waals surface area contributed by atoms with Gasteiger partial charge in [-0.25, -0.2) is 8.42 Å². The second-order valence-corrected chi connectivity index (χ2v) is 7.00. The molecule has 0 aromatic heterocycles. The first-order valence-corrected chi connectivity index (χ1v) is 7.86. The van der Waals surface area contributed by atoms with Gasteiger partial charge in [0.05, 0.1) is 11.6 Å². The zero-order chi connectivity index (χ0) is 13.1. The molecule has 17 heavy (non-hydrogen) atoms. The first kappa shape index (κ1) is 14.6. The lowest BCUT2D eigenvalue weighted by Gasteiger charge is -2.09. The van der Waals surface area contributed by atoms with Crippen LogP contribution in [0.4, 0.5) is 0 Å². The van der Waals surface area contributed by atoms with Crippen LogP contribution < -0.4 is 4.74 Å². The number of hydrogen-bond donors (Lipinski definition) is 0. The van der Waals surface area contributed by atoms with Crippen LogP contribution in [0.3, 0.4) is 0 Å². The van der Waals surface area contributed by atoms with Crippen LogP contribution in [-0.4, -0.2) is 15.0 Å². The van der Waals surface area contributed by atoms with Crippen molar-refractivity contribution in [3.63, 3.8) is 0 Å². The van der Waals surface area contributed by atoms with Crippen LogP contribution in [0, 0.1) is 5.92 Å². The van der Waals surface area contributed by atoms with Crippen molar-refractivity contribution in [1.29, 1.82) is 0 Å². The van der Waals surface area contributed by atoms with E-state index in [0.29, 0.717) is 18.3 Å². The first-order chi connectivity index (χ1) is 7.80. The summed E-state index contributed by atoms with van der Waals surface area (Å²) in [5.74, 6) is 1.09. The predicted molar refractivity (Wildman–Crippen MR) is 69.4 cm³/mol. The molecule has 0 saturated carbocycles. The standard InChI is InChI=1S/C11H14Cl2O3S/c1-8(2)5-6-16-9-3-4-11(10(12)7-9)17(13,14)15/h3-4,7-8H,5-6H2,1-2H3. The van der Waals surface area contributed by atoms with Crippen molar-refractivity contribution >= 4 is 31.3 Å². The van der Waals surface area contributed by atoms with Gasteiger partial charge in [-0.15, -0.1) is 0 Å². The van der Waals surface area contributed by atoms with E-state index in [1.165, 1.54) is 12.1 Å². The molecule has 0 radical (unpaired) electrons. The molecule has 3 nitrogen and oxygen atoms in total. The van der Waals surface area contributed by atoms with E-state index in [4.69, 9.17) is 27.0 Å². The maximum absolute atomic E-state index is 11.1. The molecule has 0 aliphatic heterocycles. The van der Waals surface area contributed by atoms with Crippen molar-refractivity contribution in [2.45, 2.75) is 25.2 Å². The Morgan fingerprint density at radius 2 is 2.00 bits per heavy atom. The van der Waals surface area contributed by atoms with E-state index in [9.17, 15) is 8.42 Å². The van der Waals surface area contributed by atoms with Crippen molar-refractivity contribution in [3.8, 4) is 5.75 Å². The van der Waals surface area contributed by atoms with E-state index in [1.807, 2.05) is 0 Å². The van der Waals surface area contributed by atoms with E-state index < -0.39 is 9.05 Å². The Morgan fingerprint density at radius 1 is 1.35 bits per heavy atom. The number of hydrogen-bond acceptors (Lipinski definition) is 3. The Morgan fingerprint density at radius 3 is 2.47 bits per heavy atom. The fourth-order valence-electron chi connectivity index (χ4n) is 1.18. The van der Waals surface area contributed by atoms with E-state index >= 15 is 0 Å². The van der Waals surface area contributed by atoms with Gasteiger partial charge >= 0.3 is 0 Å². The summed E-state index contributed by atoms with van der Waals surface area (Å²) >= 11 is 5.81. The topological polar surface area (TPSA) is 43.4 Å². The van der Waals surface area contributed by atoms with E-state index in [2.05, 4.69) is 13.8 Å². The number of benzene rings is 1. The molecule has 1 aromatic carbocycles. The van der Waals surface area contributed by atoms with E-state index in [-0.39, 0.29) is 9.92 Å². The molecule has 0 fully saturated rings. The molecule has 0 aliphatic carbocycles. The quantitative estimate of drug-likeness (QED) is 0.778. The highest BCUT2D eigenvalue weighted by atomic mass is 35.7. The Bertz CT molecular complexity index is 483. The van der Waals surface area contributed by atoms with Crippen LogP contribution in [0.25, 0.3) is 0 Å². The van der Waals surface area contributed by atoms with Crippen LogP contribution in [-0.2, 0) is 9.05 Å². The first-order valence-electron chi connectivity index (χ1n) is 5.17. The SMILES string of the molecule is CC(C)CCOc1ccc(S(=O)(=O)Cl)c(Cl)c1. The largest absolute Gasteiger partial charge is 0.494 e. The summed E-state index contributed by atoms with van der Waals surface area (Å²) in [5.41, 5.74) is 0. The third-order valence-electron chi connectivity index (χ3n) is 2.13. The summed E-state index contributed by atoms with van der Waals surface area (Å²) in [6.07, 6.45) is 0.924. The third kappa shape index (κ3) is 4.74. The molecular weight excluding hydrogens is 283 g/mol. The van der Waals surface area contributed by atoms with Gasteiger partial charge in [0.25, 0.3) is 9.05 Å². The summed E-state index contributed by atoms with van der Waals surface area (Å²) in [6.45, 7) is 4.76. The second-order valence-electron chi connectivity index (χ2n) is 4.06. The number of rotatable bonds is 5. The van der Waals surface area contributed by atoms with E-state index in [0.717, 1.165) is 6.42 Å². The maximum Gasteiger partial charge on any atom is 0.262 e. The third-order valence-corrected chi connectivity index (χ3v) is 3.93. The van der Waals surface area contributed by atoms with Gasteiger partial charge in [0.1, 0.15) is 10.6 Å². The fraction of sp³-hybridized carbons (Fsp3) is 0.455. The van der Waals surface area contributed by atoms with Crippen molar-refractivity contribution in [3.05, 3.63) is 23.2 Å². The van der Waals surface area contributed by atoms with Crippen LogP contribution in [0.5, 0.6) is 5.75 Å². The lowest BCUT2D eigenvalue weighted by Crippen LogP contribution is -2.01. The summed E-state index contributed by atoms with van der Waals surface area (Å²) in [5, 5.41) is 0.0713. The van der Waals surface area contributed by atoms with Crippen LogP contribution in [0.1, 0.15) is 20.3 Å². The molecule has 0 bridgehead atoms. The van der Waals surface area contributed by atoms with Crippen LogP contribution >= 0.6 is 22.3 Å². The lowest BCUT2D eigenvalue weighted by atomic mass is 10.1. The second kappa shape index (κ2) is 5.94. The van der Waals surface area contributed by atoms with Gasteiger partial charge in [0.15, 0.2) is 0 Å². The molecule has 96 valence electrons. The molecule has 0 unspecified atom stereocenters. The summed E-state index contributed by atoms with van der Waals surface area (Å²) in [7, 11) is 1.41. The van der Waals surface area contributed by atoms with Crippen molar-refractivity contribution in [1.82, 2.24) is 0 Å². The van der Waals surface area contributed by atoms with Gasteiger partial charge in [-0.05, 0) is 24.5 Å². The zero-order valence-corrected chi connectivity index (χ0v) is 11.9. The Kier molecular flexibility index (Phi) is 5.10. The van der Waals surface area contributed by atoms with Crippen molar-refractivity contribution in [2.24, 2.45) is 5.92 Å². The summed E-state index contributed by atoms with van der Waals surface area (Å²) < 4.78 is 27.7.